The molecule has 1 aliphatic rings. The molecule has 0 spiro atoms. The molecule has 2 aromatic heterocycles. The molecule has 2 aromatic carbocycles. The Morgan fingerprint density at radius 2 is 1.57 bits per heavy atom. The van der Waals surface area contributed by atoms with Crippen molar-refractivity contribution in [3.8, 4) is 22.5 Å². The topological polar surface area (TPSA) is 63.1 Å². The van der Waals surface area contributed by atoms with Crippen LogP contribution in [-0.4, -0.2) is 20.9 Å². The van der Waals surface area contributed by atoms with Crippen LogP contribution in [0.15, 0.2) is 72.8 Å². The number of carbonyl (C=O) groups excluding carboxylic acids is 1. The first-order chi connectivity index (χ1) is 20.6. The molecule has 1 N–H and O–H groups in total. The average Bonchev–Trinajstić information content (AvgIpc) is 3.01. The number of aryl methyl sites for hydroxylation is 2. The molecule has 0 aliphatic heterocycles. The maximum Gasteiger partial charge on any atom is 0.162 e. The molecule has 0 amide bonds. The Labute approximate surface area is 277 Å². The molecule has 1 radical (unpaired) electrons. The van der Waals surface area contributed by atoms with E-state index in [0.29, 0.717) is 0 Å². The zero-order valence-electron chi connectivity index (χ0n) is 27.3. The van der Waals surface area contributed by atoms with E-state index in [1.165, 1.54) is 33.7 Å². The number of carbonyl (C=O) groups is 1. The Balaban J connectivity index is 0.000000286. The first kappa shape index (κ1) is 35.3. The predicted octanol–water partition coefficient (Wildman–Crippen LogP) is 10.0. The third kappa shape index (κ3) is 8.11. The number of ketones is 1. The van der Waals surface area contributed by atoms with Gasteiger partial charge in [0, 0.05) is 56.1 Å². The van der Waals surface area contributed by atoms with E-state index in [2.05, 4.69) is 74.3 Å². The molecule has 1 aliphatic carbocycles. The zero-order valence-corrected chi connectivity index (χ0v) is 29.7. The molecule has 2 heterocycles. The number of benzene rings is 2. The van der Waals surface area contributed by atoms with Crippen LogP contribution in [0, 0.1) is 17.9 Å². The van der Waals surface area contributed by atoms with E-state index in [4.69, 9.17) is 4.98 Å². The maximum absolute atomic E-state index is 11.7. The first-order valence-corrected chi connectivity index (χ1v) is 15.9. The van der Waals surface area contributed by atoms with Crippen LogP contribution in [0.3, 0.4) is 0 Å². The van der Waals surface area contributed by atoms with Gasteiger partial charge in [0.15, 0.2) is 5.78 Å². The molecule has 0 saturated carbocycles. The van der Waals surface area contributed by atoms with Gasteiger partial charge in [-0.15, -0.1) is 29.1 Å². The van der Waals surface area contributed by atoms with Gasteiger partial charge in [0.2, 0.25) is 0 Å². The van der Waals surface area contributed by atoms with Gasteiger partial charge in [0.1, 0.15) is 0 Å². The summed E-state index contributed by atoms with van der Waals surface area (Å²) in [5.74, 6) is 0.547. The number of aliphatic hydroxyl groups is 1. The van der Waals surface area contributed by atoms with Gasteiger partial charge >= 0.3 is 0 Å². The van der Waals surface area contributed by atoms with E-state index < -0.39 is 0 Å². The minimum atomic E-state index is 0. The Morgan fingerprint density at radius 3 is 2.23 bits per heavy atom. The Bertz CT molecular complexity index is 1590. The summed E-state index contributed by atoms with van der Waals surface area (Å²) >= 11 is 0. The zero-order chi connectivity index (χ0) is 31.1. The van der Waals surface area contributed by atoms with Crippen molar-refractivity contribution in [2.75, 3.05) is 0 Å². The minimum Gasteiger partial charge on any atom is -0.512 e. The number of fused-ring (bicyclic) bond motifs is 4. The molecule has 4 nitrogen and oxygen atoms in total. The number of pyridine rings is 2. The monoisotopic (exact) mass is 768 g/mol. The Hall–Kier alpha value is -3.14. The van der Waals surface area contributed by atoms with Crippen molar-refractivity contribution < 1.29 is 30.0 Å². The number of hydrogen-bond acceptors (Lipinski definition) is 4. The number of nitrogens with zero attached hydrogens (tertiary/aromatic N) is 2. The van der Waals surface area contributed by atoms with Crippen molar-refractivity contribution in [3.63, 3.8) is 0 Å². The second kappa shape index (κ2) is 15.7. The number of rotatable bonds is 8. The van der Waals surface area contributed by atoms with Gasteiger partial charge in [0.05, 0.1) is 11.5 Å². The Kier molecular flexibility index (Phi) is 12.6. The molecular formula is C39H47IrN2O2-. The summed E-state index contributed by atoms with van der Waals surface area (Å²) in [6.45, 7) is 14.9. The second-order valence-corrected chi connectivity index (χ2v) is 12.6. The van der Waals surface area contributed by atoms with Crippen LogP contribution in [0.25, 0.3) is 33.3 Å². The van der Waals surface area contributed by atoms with Crippen LogP contribution in [0.2, 0.25) is 0 Å². The minimum absolute atomic E-state index is 0. The summed E-state index contributed by atoms with van der Waals surface area (Å²) in [5, 5.41) is 12.2. The first-order valence-electron chi connectivity index (χ1n) is 15.9. The molecule has 0 saturated heterocycles. The van der Waals surface area contributed by atoms with Gasteiger partial charge in [-0.2, -0.15) is 0 Å². The van der Waals surface area contributed by atoms with E-state index in [0.717, 1.165) is 60.9 Å². The molecule has 0 unspecified atom stereocenters. The smallest absolute Gasteiger partial charge is 0.162 e. The van der Waals surface area contributed by atoms with Crippen LogP contribution in [0.4, 0.5) is 0 Å². The van der Waals surface area contributed by atoms with Crippen molar-refractivity contribution in [1.82, 2.24) is 9.97 Å². The fraction of sp³-hybridized carbons (Fsp3) is 0.410. The van der Waals surface area contributed by atoms with E-state index in [-0.39, 0.29) is 48.9 Å². The fourth-order valence-corrected chi connectivity index (χ4v) is 5.97. The standard InChI is InChI=1S/C26H23N2.C13H24O2.Ir/c1-26(2,3)23-14-20(13-18-7-4-5-9-21(18)23)24-15-22-19(16-28-24)11-10-17-8-6-12-27-25(17)22;1-5-10(6-2)12(14)9-13(15)11(7-3)8-4;/h4-9,12,14-16H,10-11H2,1-3H3;9-11,14H,5-8H2,1-4H3;/q-1;;/b;12-9-;. The van der Waals surface area contributed by atoms with Crippen LogP contribution in [-0.2, 0) is 43.2 Å². The van der Waals surface area contributed by atoms with Gasteiger partial charge in [-0.1, -0.05) is 89.7 Å². The average molecular weight is 768 g/mol. The van der Waals surface area contributed by atoms with E-state index in [1.807, 2.05) is 46.2 Å². The number of allylic oxidation sites excluding steroid dienone is 2. The summed E-state index contributed by atoms with van der Waals surface area (Å²) in [7, 11) is 0. The number of aliphatic hydroxyl groups excluding tert-OH is 1. The van der Waals surface area contributed by atoms with Gasteiger partial charge < -0.3 is 5.11 Å². The summed E-state index contributed by atoms with van der Waals surface area (Å²) in [6, 6.07) is 20.8. The van der Waals surface area contributed by atoms with Gasteiger partial charge in [-0.05, 0) is 66.7 Å². The molecule has 235 valence electrons. The van der Waals surface area contributed by atoms with Crippen molar-refractivity contribution in [2.45, 2.75) is 92.4 Å². The summed E-state index contributed by atoms with van der Waals surface area (Å²) < 4.78 is 0. The van der Waals surface area contributed by atoms with E-state index in [1.54, 1.807) is 0 Å². The van der Waals surface area contributed by atoms with Crippen molar-refractivity contribution >= 4 is 16.6 Å². The molecule has 0 bridgehead atoms. The van der Waals surface area contributed by atoms with Crippen LogP contribution in [0.1, 0.15) is 90.8 Å². The second-order valence-electron chi connectivity index (χ2n) is 12.6. The molecule has 5 rings (SSSR count). The van der Waals surface area contributed by atoms with Gasteiger partial charge in [0.25, 0.3) is 0 Å². The molecule has 0 fully saturated rings. The van der Waals surface area contributed by atoms with Crippen molar-refractivity contribution in [1.29, 1.82) is 0 Å². The quantitative estimate of drug-likeness (QED) is 0.110. The molecule has 0 atom stereocenters. The van der Waals surface area contributed by atoms with Crippen LogP contribution < -0.4 is 0 Å². The van der Waals surface area contributed by atoms with E-state index >= 15 is 0 Å². The van der Waals surface area contributed by atoms with Crippen LogP contribution >= 0.6 is 0 Å². The molecule has 4 aromatic rings. The number of aromatic nitrogens is 2. The predicted molar refractivity (Wildman–Crippen MR) is 179 cm³/mol. The third-order valence-electron chi connectivity index (χ3n) is 8.74. The molecule has 44 heavy (non-hydrogen) atoms. The summed E-state index contributed by atoms with van der Waals surface area (Å²) in [6.07, 6.45) is 10.9. The fourth-order valence-electron chi connectivity index (χ4n) is 5.97. The SMILES string of the molecule is CC(C)(C)c1cc(-c2cc3c(cn2)CCc2cccnc2-3)[c-]c2ccccc12.CCC(CC)C(=O)/C=C(\O)C(CC)CC.[Ir]. The maximum atomic E-state index is 11.7. The van der Waals surface area contributed by atoms with Gasteiger partial charge in [-0.25, -0.2) is 0 Å². The van der Waals surface area contributed by atoms with Crippen molar-refractivity contribution in [3.05, 3.63) is 95.5 Å². The van der Waals surface area contributed by atoms with E-state index in [9.17, 15) is 9.90 Å². The summed E-state index contributed by atoms with van der Waals surface area (Å²) in [5.41, 5.74) is 8.32. The normalized spacial score (nSPS) is 12.7. The molecular weight excluding hydrogens is 721 g/mol. The third-order valence-corrected chi connectivity index (χ3v) is 8.74. The summed E-state index contributed by atoms with van der Waals surface area (Å²) in [4.78, 5) is 21.2. The number of hydrogen-bond donors (Lipinski definition) is 1. The largest absolute Gasteiger partial charge is 0.512 e. The Morgan fingerprint density at radius 1 is 0.909 bits per heavy atom. The molecule has 5 heteroatoms. The van der Waals surface area contributed by atoms with Gasteiger partial charge in [-0.3, -0.25) is 14.8 Å². The van der Waals surface area contributed by atoms with Crippen LogP contribution in [0.5, 0.6) is 0 Å². The van der Waals surface area contributed by atoms with Crippen molar-refractivity contribution in [2.24, 2.45) is 11.8 Å².